The van der Waals surface area contributed by atoms with E-state index in [1.165, 1.54) is 12.3 Å². The number of nitriles is 1. The fourth-order valence-corrected chi connectivity index (χ4v) is 1.84. The summed E-state index contributed by atoms with van der Waals surface area (Å²) in [5.74, 6) is 0. The molecule has 0 spiro atoms. The number of pyridine rings is 1. The van der Waals surface area contributed by atoms with Crippen molar-refractivity contribution in [3.63, 3.8) is 0 Å². The summed E-state index contributed by atoms with van der Waals surface area (Å²) in [6.45, 7) is 0. The maximum absolute atomic E-state index is 11.1. The average molecular weight is 245 g/mol. The Morgan fingerprint density at radius 3 is 2.94 bits per heavy atom. The third kappa shape index (κ3) is 2.62. The van der Waals surface area contributed by atoms with E-state index in [9.17, 15) is 4.79 Å². The zero-order valence-electron chi connectivity index (χ0n) is 8.54. The summed E-state index contributed by atoms with van der Waals surface area (Å²) in [6.07, 6.45) is 1.41. The van der Waals surface area contributed by atoms with Gasteiger partial charge in [-0.2, -0.15) is 5.26 Å². The smallest absolute Gasteiger partial charge is 0.251 e. The van der Waals surface area contributed by atoms with Gasteiger partial charge in [-0.15, -0.1) is 0 Å². The molecule has 0 aliphatic rings. The number of nitrogens with one attached hydrogen (secondary N) is 1. The second-order valence-corrected chi connectivity index (χ2v) is 4.05. The van der Waals surface area contributed by atoms with Gasteiger partial charge in [-0.05, 0) is 23.9 Å². The van der Waals surface area contributed by atoms with Crippen molar-refractivity contribution in [2.45, 2.75) is 10.2 Å². The predicted octanol–water partition coefficient (Wildman–Crippen LogP) is 0.770. The molecule has 0 amide bonds. The number of H-pyrrole nitrogens is 1. The van der Waals surface area contributed by atoms with Gasteiger partial charge in [-0.3, -0.25) is 4.79 Å². The van der Waals surface area contributed by atoms with Gasteiger partial charge < -0.3 is 10.7 Å². The molecule has 2 heterocycles. The molecule has 0 aliphatic heterocycles. The van der Waals surface area contributed by atoms with Crippen LogP contribution < -0.4 is 11.3 Å². The number of hydrogen-bond donors (Lipinski definition) is 2. The lowest BCUT2D eigenvalue weighted by molar-refractivity contribution is 0.931. The Hall–Kier alpha value is -2.33. The molecule has 0 fully saturated rings. The molecule has 0 aliphatic carbocycles. The Kier molecular flexibility index (Phi) is 3.07. The van der Waals surface area contributed by atoms with Crippen LogP contribution in [-0.2, 0) is 0 Å². The van der Waals surface area contributed by atoms with Crippen molar-refractivity contribution in [1.82, 2.24) is 15.0 Å². The minimum atomic E-state index is -0.238. The van der Waals surface area contributed by atoms with Crippen molar-refractivity contribution in [2.24, 2.45) is 0 Å². The Morgan fingerprint density at radius 1 is 1.41 bits per heavy atom. The molecular weight excluding hydrogens is 238 g/mol. The number of hydrogen-bond acceptors (Lipinski definition) is 6. The van der Waals surface area contributed by atoms with Crippen LogP contribution >= 0.6 is 11.8 Å². The van der Waals surface area contributed by atoms with Gasteiger partial charge in [-0.25, -0.2) is 9.97 Å². The summed E-state index contributed by atoms with van der Waals surface area (Å²) >= 11 is 1.16. The Balaban J connectivity index is 2.31. The molecule has 6 nitrogen and oxygen atoms in total. The number of aromatic amines is 1. The second-order valence-electron chi connectivity index (χ2n) is 3.04. The summed E-state index contributed by atoms with van der Waals surface area (Å²) in [4.78, 5) is 21.6. The van der Waals surface area contributed by atoms with E-state index in [0.717, 1.165) is 11.8 Å². The molecule has 7 heteroatoms. The molecule has 0 atom stereocenters. The molecule has 2 aromatic heterocycles. The largest absolute Gasteiger partial charge is 0.396 e. The van der Waals surface area contributed by atoms with E-state index in [2.05, 4.69) is 15.0 Å². The van der Waals surface area contributed by atoms with Crippen LogP contribution in [0.25, 0.3) is 0 Å². The van der Waals surface area contributed by atoms with Gasteiger partial charge in [0.1, 0.15) is 11.1 Å². The topological polar surface area (TPSA) is 108 Å². The van der Waals surface area contributed by atoms with Gasteiger partial charge in [0.2, 0.25) is 0 Å². The fraction of sp³-hybridized carbons (Fsp3) is 0. The molecule has 0 saturated heterocycles. The van der Waals surface area contributed by atoms with Gasteiger partial charge in [0, 0.05) is 12.3 Å². The van der Waals surface area contributed by atoms with Gasteiger partial charge in [-0.1, -0.05) is 0 Å². The van der Waals surface area contributed by atoms with Crippen LogP contribution in [0.2, 0.25) is 0 Å². The first kappa shape index (κ1) is 11.2. The van der Waals surface area contributed by atoms with Crippen LogP contribution in [0.4, 0.5) is 5.69 Å². The molecule has 2 rings (SSSR count). The molecule has 2 aromatic rings. The maximum Gasteiger partial charge on any atom is 0.251 e. The number of nitrogens with zero attached hydrogens (tertiary/aromatic N) is 3. The van der Waals surface area contributed by atoms with Gasteiger partial charge in [0.25, 0.3) is 5.56 Å². The standard InChI is InChI=1S/C10H7N5OS/c11-5-7-6(12)1-2-9(14-7)17-10-13-4-3-8(16)15-10/h1-4H,12H2,(H,13,15,16). The summed E-state index contributed by atoms with van der Waals surface area (Å²) < 4.78 is 0. The van der Waals surface area contributed by atoms with Crippen molar-refractivity contribution in [3.05, 3.63) is 40.4 Å². The summed E-state index contributed by atoms with van der Waals surface area (Å²) in [5.41, 5.74) is 5.80. The molecular formula is C10H7N5OS. The highest BCUT2D eigenvalue weighted by Crippen LogP contribution is 2.23. The highest BCUT2D eigenvalue weighted by molar-refractivity contribution is 7.99. The molecule has 84 valence electrons. The third-order valence-corrected chi connectivity index (χ3v) is 2.69. The van der Waals surface area contributed by atoms with Gasteiger partial charge in [0.05, 0.1) is 5.69 Å². The average Bonchev–Trinajstić information content (AvgIpc) is 2.32. The van der Waals surface area contributed by atoms with E-state index in [-0.39, 0.29) is 11.3 Å². The lowest BCUT2D eigenvalue weighted by Gasteiger charge is -2.01. The van der Waals surface area contributed by atoms with Crippen LogP contribution in [0.3, 0.4) is 0 Å². The van der Waals surface area contributed by atoms with Crippen LogP contribution in [-0.4, -0.2) is 15.0 Å². The van der Waals surface area contributed by atoms with Crippen LogP contribution in [0.1, 0.15) is 5.69 Å². The number of aromatic nitrogens is 3. The molecule has 0 saturated carbocycles. The Labute approximate surface area is 101 Å². The van der Waals surface area contributed by atoms with Crippen LogP contribution in [0.5, 0.6) is 0 Å². The minimum absolute atomic E-state index is 0.160. The number of nitrogens with two attached hydrogens (primary N) is 1. The summed E-state index contributed by atoms with van der Waals surface area (Å²) in [6, 6.07) is 6.46. The number of rotatable bonds is 2. The van der Waals surface area contributed by atoms with E-state index in [4.69, 9.17) is 11.0 Å². The first-order chi connectivity index (χ1) is 8.19. The summed E-state index contributed by atoms with van der Waals surface area (Å²) in [7, 11) is 0. The fourth-order valence-electron chi connectivity index (χ4n) is 1.10. The van der Waals surface area contributed by atoms with Crippen molar-refractivity contribution < 1.29 is 0 Å². The van der Waals surface area contributed by atoms with E-state index in [0.29, 0.717) is 15.9 Å². The lowest BCUT2D eigenvalue weighted by Crippen LogP contribution is -2.05. The van der Waals surface area contributed by atoms with Gasteiger partial charge in [0.15, 0.2) is 10.9 Å². The minimum Gasteiger partial charge on any atom is -0.396 e. The van der Waals surface area contributed by atoms with E-state index < -0.39 is 0 Å². The monoisotopic (exact) mass is 245 g/mol. The number of nitrogen functional groups attached to an aromatic ring is 1. The Bertz CT molecular complexity index is 646. The molecule has 0 bridgehead atoms. The summed E-state index contributed by atoms with van der Waals surface area (Å²) in [5, 5.41) is 9.74. The molecule has 0 aromatic carbocycles. The zero-order chi connectivity index (χ0) is 12.3. The number of anilines is 1. The Morgan fingerprint density at radius 2 is 2.24 bits per heavy atom. The lowest BCUT2D eigenvalue weighted by atomic mass is 10.3. The molecule has 17 heavy (non-hydrogen) atoms. The predicted molar refractivity (Wildman–Crippen MR) is 62.3 cm³/mol. The van der Waals surface area contributed by atoms with E-state index >= 15 is 0 Å². The quantitative estimate of drug-likeness (QED) is 0.756. The van der Waals surface area contributed by atoms with Gasteiger partial charge >= 0.3 is 0 Å². The van der Waals surface area contributed by atoms with Crippen molar-refractivity contribution in [2.75, 3.05) is 5.73 Å². The second kappa shape index (κ2) is 4.67. The first-order valence-electron chi connectivity index (χ1n) is 4.59. The van der Waals surface area contributed by atoms with Crippen molar-refractivity contribution in [3.8, 4) is 6.07 Å². The third-order valence-electron chi connectivity index (χ3n) is 1.86. The van der Waals surface area contributed by atoms with Crippen molar-refractivity contribution in [1.29, 1.82) is 5.26 Å². The van der Waals surface area contributed by atoms with E-state index in [1.807, 2.05) is 6.07 Å². The zero-order valence-corrected chi connectivity index (χ0v) is 9.36. The molecule has 0 unspecified atom stereocenters. The van der Waals surface area contributed by atoms with Crippen LogP contribution in [0.15, 0.2) is 39.4 Å². The molecule has 0 radical (unpaired) electrons. The highest BCUT2D eigenvalue weighted by atomic mass is 32.2. The normalized spacial score (nSPS) is 9.82. The molecule has 3 N–H and O–H groups in total. The van der Waals surface area contributed by atoms with Crippen molar-refractivity contribution >= 4 is 17.4 Å². The highest BCUT2D eigenvalue weighted by Gasteiger charge is 2.05. The van der Waals surface area contributed by atoms with E-state index in [1.54, 1.807) is 12.1 Å². The first-order valence-corrected chi connectivity index (χ1v) is 5.40. The SMILES string of the molecule is N#Cc1nc(Sc2nccc(=O)[nH]2)ccc1N. The van der Waals surface area contributed by atoms with Crippen LogP contribution in [0, 0.1) is 11.3 Å². The maximum atomic E-state index is 11.1.